The van der Waals surface area contributed by atoms with E-state index in [1.54, 1.807) is 27.4 Å². The molecular formula is C13H9BrN6OS3. The SMILES string of the molecule is Brc1ccc(-c2nnc(CSc3nnnn3Cc3cccs3)o2)s1. The van der Waals surface area contributed by atoms with Crippen LogP contribution >= 0.6 is 50.4 Å². The van der Waals surface area contributed by atoms with E-state index < -0.39 is 0 Å². The van der Waals surface area contributed by atoms with E-state index in [1.807, 2.05) is 23.6 Å². The zero-order chi connectivity index (χ0) is 16.4. The summed E-state index contributed by atoms with van der Waals surface area (Å²) in [4.78, 5) is 2.14. The van der Waals surface area contributed by atoms with Gasteiger partial charge in [0.2, 0.25) is 11.0 Å². The Bertz CT molecular complexity index is 931. The molecule has 0 radical (unpaired) electrons. The molecule has 4 heterocycles. The third-order valence-electron chi connectivity index (χ3n) is 2.96. The van der Waals surface area contributed by atoms with E-state index in [2.05, 4.69) is 47.7 Å². The van der Waals surface area contributed by atoms with E-state index in [0.29, 0.717) is 24.1 Å². The van der Waals surface area contributed by atoms with Crippen LogP contribution in [0.4, 0.5) is 0 Å². The number of aromatic nitrogens is 6. The highest BCUT2D eigenvalue weighted by Gasteiger charge is 2.13. The molecule has 0 aliphatic carbocycles. The summed E-state index contributed by atoms with van der Waals surface area (Å²) in [6, 6.07) is 7.97. The predicted molar refractivity (Wildman–Crippen MR) is 96.1 cm³/mol. The molecule has 24 heavy (non-hydrogen) atoms. The standard InChI is InChI=1S/C13H9BrN6OS3/c14-10-4-3-9(24-10)12-16-15-11(21-12)7-23-13-17-18-19-20(13)6-8-2-1-5-22-8/h1-5H,6-7H2. The Hall–Kier alpha value is -1.56. The van der Waals surface area contributed by atoms with Crippen LogP contribution in [-0.2, 0) is 12.3 Å². The second-order valence-electron chi connectivity index (χ2n) is 4.59. The molecule has 4 rings (SSSR count). The van der Waals surface area contributed by atoms with Crippen LogP contribution in [0.2, 0.25) is 0 Å². The molecule has 0 aromatic carbocycles. The van der Waals surface area contributed by atoms with E-state index >= 15 is 0 Å². The quantitative estimate of drug-likeness (QED) is 0.419. The minimum atomic E-state index is 0.518. The topological polar surface area (TPSA) is 82.5 Å². The highest BCUT2D eigenvalue weighted by atomic mass is 79.9. The number of tetrazole rings is 1. The maximum atomic E-state index is 5.70. The van der Waals surface area contributed by atoms with Gasteiger partial charge < -0.3 is 4.42 Å². The molecular weight excluding hydrogens is 432 g/mol. The smallest absolute Gasteiger partial charge is 0.257 e. The van der Waals surface area contributed by atoms with Crippen molar-refractivity contribution in [2.24, 2.45) is 0 Å². The fourth-order valence-electron chi connectivity index (χ4n) is 1.92. The Morgan fingerprint density at radius 1 is 1.21 bits per heavy atom. The lowest BCUT2D eigenvalue weighted by Gasteiger charge is -2.00. The Labute approximate surface area is 157 Å². The average Bonchev–Trinajstić information content (AvgIpc) is 3.34. The molecule has 0 atom stereocenters. The van der Waals surface area contributed by atoms with Crippen molar-refractivity contribution in [1.29, 1.82) is 0 Å². The van der Waals surface area contributed by atoms with Crippen molar-refractivity contribution in [3.8, 4) is 10.8 Å². The molecule has 0 spiro atoms. The van der Waals surface area contributed by atoms with Gasteiger partial charge in [-0.2, -0.15) is 0 Å². The van der Waals surface area contributed by atoms with Gasteiger partial charge in [-0.15, -0.1) is 38.0 Å². The van der Waals surface area contributed by atoms with Gasteiger partial charge >= 0.3 is 0 Å². The van der Waals surface area contributed by atoms with Gasteiger partial charge in [-0.1, -0.05) is 17.8 Å². The maximum Gasteiger partial charge on any atom is 0.257 e. The van der Waals surface area contributed by atoms with Gasteiger partial charge in [0.15, 0.2) is 0 Å². The molecule has 122 valence electrons. The third kappa shape index (κ3) is 3.58. The number of thioether (sulfide) groups is 1. The molecule has 0 bridgehead atoms. The van der Waals surface area contributed by atoms with Crippen molar-refractivity contribution in [2.75, 3.05) is 0 Å². The largest absolute Gasteiger partial charge is 0.419 e. The maximum absolute atomic E-state index is 5.70. The lowest BCUT2D eigenvalue weighted by atomic mass is 10.5. The van der Waals surface area contributed by atoms with E-state index in [-0.39, 0.29) is 0 Å². The van der Waals surface area contributed by atoms with Crippen LogP contribution in [-0.4, -0.2) is 30.4 Å². The Balaban J connectivity index is 1.42. The summed E-state index contributed by atoms with van der Waals surface area (Å²) >= 11 is 8.13. The van der Waals surface area contributed by atoms with Crippen molar-refractivity contribution in [1.82, 2.24) is 30.4 Å². The minimum Gasteiger partial charge on any atom is -0.419 e. The number of rotatable bonds is 6. The Morgan fingerprint density at radius 3 is 2.96 bits per heavy atom. The Kier molecular flexibility index (Phi) is 4.74. The molecule has 0 amide bonds. The van der Waals surface area contributed by atoms with Gasteiger partial charge in [0.05, 0.1) is 21.0 Å². The molecule has 0 aliphatic heterocycles. The summed E-state index contributed by atoms with van der Waals surface area (Å²) in [5.41, 5.74) is 0. The van der Waals surface area contributed by atoms with Gasteiger partial charge in [-0.3, -0.25) is 0 Å². The second kappa shape index (κ2) is 7.13. The molecule has 7 nitrogen and oxygen atoms in total. The van der Waals surface area contributed by atoms with Crippen molar-refractivity contribution in [2.45, 2.75) is 17.5 Å². The monoisotopic (exact) mass is 440 g/mol. The van der Waals surface area contributed by atoms with Gasteiger partial charge in [0.1, 0.15) is 0 Å². The fourth-order valence-corrected chi connectivity index (χ4v) is 4.62. The summed E-state index contributed by atoms with van der Waals surface area (Å²) in [6.45, 7) is 0.658. The van der Waals surface area contributed by atoms with Crippen LogP contribution in [0.5, 0.6) is 0 Å². The summed E-state index contributed by atoms with van der Waals surface area (Å²) in [5, 5.41) is 22.8. The number of hydrogen-bond donors (Lipinski definition) is 0. The Morgan fingerprint density at radius 2 is 2.17 bits per heavy atom. The zero-order valence-electron chi connectivity index (χ0n) is 12.0. The van der Waals surface area contributed by atoms with E-state index in [4.69, 9.17) is 4.42 Å². The molecule has 0 unspecified atom stereocenters. The lowest BCUT2D eigenvalue weighted by Crippen LogP contribution is -2.02. The van der Waals surface area contributed by atoms with Gasteiger partial charge in [0, 0.05) is 4.88 Å². The molecule has 0 N–H and O–H groups in total. The van der Waals surface area contributed by atoms with Gasteiger partial charge in [-0.25, -0.2) is 4.68 Å². The molecule has 4 aromatic heterocycles. The fraction of sp³-hybridized carbons (Fsp3) is 0.154. The lowest BCUT2D eigenvalue weighted by molar-refractivity contribution is 0.529. The van der Waals surface area contributed by atoms with Crippen molar-refractivity contribution in [3.05, 3.63) is 44.2 Å². The van der Waals surface area contributed by atoms with Crippen LogP contribution in [0.3, 0.4) is 0 Å². The van der Waals surface area contributed by atoms with Crippen LogP contribution < -0.4 is 0 Å². The molecule has 0 saturated carbocycles. The highest BCUT2D eigenvalue weighted by molar-refractivity contribution is 9.11. The third-order valence-corrected chi connectivity index (χ3v) is 6.38. The van der Waals surface area contributed by atoms with Crippen molar-refractivity contribution >= 4 is 50.4 Å². The van der Waals surface area contributed by atoms with Gasteiger partial charge in [0.25, 0.3) is 5.89 Å². The summed E-state index contributed by atoms with van der Waals surface area (Å²) in [7, 11) is 0. The molecule has 0 saturated heterocycles. The molecule has 0 aliphatic rings. The summed E-state index contributed by atoms with van der Waals surface area (Å²) < 4.78 is 8.49. The van der Waals surface area contributed by atoms with E-state index in [1.165, 1.54) is 16.6 Å². The van der Waals surface area contributed by atoms with Gasteiger partial charge in [-0.05, 0) is 49.9 Å². The number of nitrogens with zero attached hydrogens (tertiary/aromatic N) is 6. The number of halogens is 1. The molecule has 11 heteroatoms. The predicted octanol–water partition coefficient (Wildman–Crippen LogP) is 3.95. The summed E-state index contributed by atoms with van der Waals surface area (Å²) in [5.74, 6) is 1.59. The van der Waals surface area contributed by atoms with E-state index in [9.17, 15) is 0 Å². The second-order valence-corrected chi connectivity index (χ2v) is 9.03. The highest BCUT2D eigenvalue weighted by Crippen LogP contribution is 2.31. The van der Waals surface area contributed by atoms with Crippen LogP contribution in [0.1, 0.15) is 10.8 Å². The zero-order valence-corrected chi connectivity index (χ0v) is 16.0. The van der Waals surface area contributed by atoms with Crippen molar-refractivity contribution in [3.63, 3.8) is 0 Å². The molecule has 4 aromatic rings. The van der Waals surface area contributed by atoms with Crippen LogP contribution in [0.25, 0.3) is 10.8 Å². The molecule has 0 fully saturated rings. The first kappa shape index (κ1) is 15.9. The van der Waals surface area contributed by atoms with Crippen LogP contribution in [0.15, 0.2) is 43.0 Å². The first-order valence-corrected chi connectivity index (χ1v) is 10.2. The summed E-state index contributed by atoms with van der Waals surface area (Å²) in [6.07, 6.45) is 0. The first-order chi connectivity index (χ1) is 11.8. The number of hydrogen-bond acceptors (Lipinski definition) is 9. The minimum absolute atomic E-state index is 0.518. The van der Waals surface area contributed by atoms with E-state index in [0.717, 1.165) is 13.8 Å². The number of thiophene rings is 2. The first-order valence-electron chi connectivity index (χ1n) is 6.77. The average molecular weight is 441 g/mol. The van der Waals surface area contributed by atoms with Crippen LogP contribution in [0, 0.1) is 0 Å². The normalized spacial score (nSPS) is 11.2. The van der Waals surface area contributed by atoms with Crippen molar-refractivity contribution < 1.29 is 4.42 Å².